The predicted molar refractivity (Wildman–Crippen MR) is 104 cm³/mol. The van der Waals surface area contributed by atoms with Crippen molar-refractivity contribution in [2.75, 3.05) is 31.2 Å². The molecule has 4 N–H and O–H groups in total. The number of nitrogen functional groups attached to an aromatic ring is 1. The Bertz CT molecular complexity index is 835. The van der Waals surface area contributed by atoms with Crippen LogP contribution < -0.4 is 11.1 Å². The molecule has 0 unspecified atom stereocenters. The number of hydrogen-bond acceptors (Lipinski definition) is 6. The van der Waals surface area contributed by atoms with Crippen molar-refractivity contribution in [3.8, 4) is 11.3 Å². The van der Waals surface area contributed by atoms with Crippen LogP contribution in [0.2, 0.25) is 0 Å². The van der Waals surface area contributed by atoms with Gasteiger partial charge in [-0.05, 0) is 39.0 Å². The minimum absolute atomic E-state index is 0.00726. The fourth-order valence-electron chi connectivity index (χ4n) is 2.48. The Kier molecular flexibility index (Phi) is 6.50. The summed E-state index contributed by atoms with van der Waals surface area (Å²) in [5.74, 6) is -0.418. The van der Waals surface area contributed by atoms with Crippen LogP contribution >= 0.6 is 0 Å². The van der Waals surface area contributed by atoms with Gasteiger partial charge < -0.3 is 21.1 Å². The Morgan fingerprint density at radius 2 is 2.07 bits per heavy atom. The van der Waals surface area contributed by atoms with Gasteiger partial charge in [0.1, 0.15) is 17.0 Å². The molecule has 2 heterocycles. The molecule has 0 aliphatic rings. The Balaban J connectivity index is 2.51. The highest BCUT2D eigenvalue weighted by Crippen LogP contribution is 2.29. The molecule has 2 rings (SSSR count). The van der Waals surface area contributed by atoms with E-state index in [2.05, 4.69) is 15.3 Å². The minimum atomic E-state index is -2.62. The summed E-state index contributed by atoms with van der Waals surface area (Å²) in [5, 5.41) is 12.5. The van der Waals surface area contributed by atoms with E-state index < -0.39 is 24.5 Å². The van der Waals surface area contributed by atoms with E-state index in [1.165, 1.54) is 17.2 Å². The number of rotatable bonds is 7. The number of amides is 1. The van der Waals surface area contributed by atoms with Gasteiger partial charge in [-0.15, -0.1) is 0 Å². The molecule has 2 aromatic rings. The number of halogens is 2. The molecule has 28 heavy (non-hydrogen) atoms. The third-order valence-corrected chi connectivity index (χ3v) is 4.19. The predicted octanol–water partition coefficient (Wildman–Crippen LogP) is 2.72. The standard InChI is InChI=1S/C19H25F2N5O2/c1-5-26(4)18(27)16-12(22)8-13(25-17(16)24-10-15(20)21)11-6-7-14(23-9-11)19(2,3)28/h6-9,15,28H,5,10H2,1-4H3,(H3,22,24,25). The lowest BCUT2D eigenvalue weighted by Crippen LogP contribution is -2.29. The molecule has 9 heteroatoms. The highest BCUT2D eigenvalue weighted by Gasteiger charge is 2.22. The Morgan fingerprint density at radius 3 is 2.57 bits per heavy atom. The molecule has 2 aromatic heterocycles. The SMILES string of the molecule is CCN(C)C(=O)c1c(N)cc(-c2ccc(C(C)(C)O)nc2)nc1NCC(F)F. The topological polar surface area (TPSA) is 104 Å². The maximum absolute atomic E-state index is 12.7. The van der Waals surface area contributed by atoms with E-state index in [1.54, 1.807) is 40.0 Å². The molecule has 0 fully saturated rings. The van der Waals surface area contributed by atoms with E-state index in [1.807, 2.05) is 0 Å². The number of hydrogen-bond donors (Lipinski definition) is 3. The van der Waals surface area contributed by atoms with Crippen molar-refractivity contribution in [3.63, 3.8) is 0 Å². The number of aliphatic hydroxyl groups is 1. The molecular formula is C19H25F2N5O2. The summed E-state index contributed by atoms with van der Waals surface area (Å²) in [5.41, 5.74) is 6.57. The van der Waals surface area contributed by atoms with Gasteiger partial charge in [0.2, 0.25) is 0 Å². The van der Waals surface area contributed by atoms with Crippen molar-refractivity contribution < 1.29 is 18.7 Å². The highest BCUT2D eigenvalue weighted by molar-refractivity contribution is 6.04. The van der Waals surface area contributed by atoms with E-state index in [9.17, 15) is 18.7 Å². The van der Waals surface area contributed by atoms with Gasteiger partial charge in [-0.3, -0.25) is 9.78 Å². The van der Waals surface area contributed by atoms with Crippen LogP contribution in [0.4, 0.5) is 20.3 Å². The average Bonchev–Trinajstić information content (AvgIpc) is 2.64. The van der Waals surface area contributed by atoms with Gasteiger partial charge in [-0.1, -0.05) is 0 Å². The number of nitrogens with two attached hydrogens (primary N) is 1. The first-order valence-corrected chi connectivity index (χ1v) is 8.81. The van der Waals surface area contributed by atoms with Gasteiger partial charge in [0.25, 0.3) is 12.3 Å². The summed E-state index contributed by atoms with van der Waals surface area (Å²) in [6.07, 6.45) is -1.11. The quantitative estimate of drug-likeness (QED) is 0.668. The second kappa shape index (κ2) is 8.47. The number of carbonyl (C=O) groups excluding carboxylic acids is 1. The van der Waals surface area contributed by atoms with Crippen LogP contribution in [0.1, 0.15) is 36.8 Å². The summed E-state index contributed by atoms with van der Waals surface area (Å²) >= 11 is 0. The summed E-state index contributed by atoms with van der Waals surface area (Å²) in [6, 6.07) is 4.84. The van der Waals surface area contributed by atoms with Crippen LogP contribution in [0.3, 0.4) is 0 Å². The lowest BCUT2D eigenvalue weighted by atomic mass is 10.0. The van der Waals surface area contributed by atoms with Crippen molar-refractivity contribution >= 4 is 17.4 Å². The molecule has 0 aliphatic carbocycles. The summed E-state index contributed by atoms with van der Waals surface area (Å²) in [7, 11) is 1.59. The normalized spacial score (nSPS) is 11.6. The third kappa shape index (κ3) is 4.92. The summed E-state index contributed by atoms with van der Waals surface area (Å²) in [4.78, 5) is 22.6. The molecule has 7 nitrogen and oxygen atoms in total. The van der Waals surface area contributed by atoms with E-state index >= 15 is 0 Å². The lowest BCUT2D eigenvalue weighted by molar-refractivity contribution is 0.0738. The number of anilines is 2. The lowest BCUT2D eigenvalue weighted by Gasteiger charge is -2.20. The molecule has 0 saturated carbocycles. The smallest absolute Gasteiger partial charge is 0.259 e. The van der Waals surface area contributed by atoms with Crippen LogP contribution in [0, 0.1) is 0 Å². The Morgan fingerprint density at radius 1 is 1.39 bits per heavy atom. The van der Waals surface area contributed by atoms with Crippen molar-refractivity contribution in [1.82, 2.24) is 14.9 Å². The van der Waals surface area contributed by atoms with Crippen LogP contribution in [0.5, 0.6) is 0 Å². The van der Waals surface area contributed by atoms with Gasteiger partial charge in [-0.2, -0.15) is 0 Å². The number of alkyl halides is 2. The first-order valence-electron chi connectivity index (χ1n) is 8.81. The number of aromatic nitrogens is 2. The van der Waals surface area contributed by atoms with Crippen LogP contribution in [-0.4, -0.2) is 52.4 Å². The van der Waals surface area contributed by atoms with Gasteiger partial charge >= 0.3 is 0 Å². The van der Waals surface area contributed by atoms with Gasteiger partial charge in [-0.25, -0.2) is 13.8 Å². The molecular weight excluding hydrogens is 368 g/mol. The molecule has 0 aliphatic heterocycles. The molecule has 0 aromatic carbocycles. The number of carbonyl (C=O) groups is 1. The molecule has 0 spiro atoms. The second-order valence-corrected chi connectivity index (χ2v) is 6.90. The van der Waals surface area contributed by atoms with Gasteiger partial charge in [0.15, 0.2) is 0 Å². The first-order chi connectivity index (χ1) is 13.0. The first kappa shape index (κ1) is 21.5. The molecule has 1 amide bonds. The Hall–Kier alpha value is -2.81. The van der Waals surface area contributed by atoms with E-state index in [-0.39, 0.29) is 17.1 Å². The Labute approximate surface area is 162 Å². The van der Waals surface area contributed by atoms with Crippen molar-refractivity contribution in [3.05, 3.63) is 35.7 Å². The van der Waals surface area contributed by atoms with Gasteiger partial charge in [0.05, 0.1) is 23.6 Å². The van der Waals surface area contributed by atoms with Gasteiger partial charge in [0, 0.05) is 25.4 Å². The third-order valence-electron chi connectivity index (χ3n) is 4.19. The average molecular weight is 393 g/mol. The summed E-state index contributed by atoms with van der Waals surface area (Å²) < 4.78 is 25.4. The zero-order valence-electron chi connectivity index (χ0n) is 16.3. The van der Waals surface area contributed by atoms with E-state index in [4.69, 9.17) is 5.73 Å². The van der Waals surface area contributed by atoms with E-state index in [0.717, 1.165) is 0 Å². The minimum Gasteiger partial charge on any atom is -0.398 e. The van der Waals surface area contributed by atoms with Crippen LogP contribution in [0.15, 0.2) is 24.4 Å². The van der Waals surface area contributed by atoms with Crippen molar-refractivity contribution in [2.24, 2.45) is 0 Å². The second-order valence-electron chi connectivity index (χ2n) is 6.90. The number of nitrogens with zero attached hydrogens (tertiary/aromatic N) is 3. The molecule has 0 atom stereocenters. The fourth-order valence-corrected chi connectivity index (χ4v) is 2.48. The number of nitrogens with one attached hydrogen (secondary N) is 1. The highest BCUT2D eigenvalue weighted by atomic mass is 19.3. The maximum Gasteiger partial charge on any atom is 0.259 e. The zero-order chi connectivity index (χ0) is 21.1. The van der Waals surface area contributed by atoms with Crippen molar-refractivity contribution in [2.45, 2.75) is 32.8 Å². The zero-order valence-corrected chi connectivity index (χ0v) is 16.3. The maximum atomic E-state index is 12.7. The molecule has 0 radical (unpaired) electrons. The van der Waals surface area contributed by atoms with E-state index in [0.29, 0.717) is 23.5 Å². The molecule has 152 valence electrons. The molecule has 0 saturated heterocycles. The fraction of sp³-hybridized carbons (Fsp3) is 0.421. The number of pyridine rings is 2. The molecule has 0 bridgehead atoms. The van der Waals surface area contributed by atoms with Crippen LogP contribution in [-0.2, 0) is 5.60 Å². The van der Waals surface area contributed by atoms with Crippen molar-refractivity contribution in [1.29, 1.82) is 0 Å². The van der Waals surface area contributed by atoms with Crippen LogP contribution in [0.25, 0.3) is 11.3 Å². The summed E-state index contributed by atoms with van der Waals surface area (Å²) in [6.45, 7) is 4.78. The largest absolute Gasteiger partial charge is 0.398 e. The monoisotopic (exact) mass is 393 g/mol.